The Labute approximate surface area is 111 Å². The van der Waals surface area contributed by atoms with Crippen molar-refractivity contribution in [3.05, 3.63) is 48.6 Å². The van der Waals surface area contributed by atoms with Crippen molar-refractivity contribution in [3.63, 3.8) is 0 Å². The largest absolute Gasteiger partial charge is 0.461 e. The van der Waals surface area contributed by atoms with Crippen LogP contribution in [0.2, 0.25) is 0 Å². The molecule has 1 N–H and O–H groups in total. The van der Waals surface area contributed by atoms with Crippen molar-refractivity contribution in [2.24, 2.45) is 0 Å². The number of carbonyl (C=O) groups excluding carboxylic acids is 2. The van der Waals surface area contributed by atoms with Gasteiger partial charge in [0.1, 0.15) is 13.2 Å². The van der Waals surface area contributed by atoms with Gasteiger partial charge in [0.05, 0.1) is 6.42 Å². The van der Waals surface area contributed by atoms with Crippen LogP contribution < -0.4 is 0 Å². The molecule has 1 aromatic rings. The number of ether oxygens (including phenoxy) is 2. The number of esters is 2. The minimum absolute atomic E-state index is 0.0462. The predicted molar refractivity (Wildman–Crippen MR) is 68.0 cm³/mol. The molecule has 5 heteroatoms. The molecule has 0 saturated carbocycles. The Morgan fingerprint density at radius 3 is 2.58 bits per heavy atom. The van der Waals surface area contributed by atoms with E-state index >= 15 is 0 Å². The van der Waals surface area contributed by atoms with Gasteiger partial charge in [0.2, 0.25) is 0 Å². The highest BCUT2D eigenvalue weighted by molar-refractivity contribution is 5.81. The third-order valence-corrected chi connectivity index (χ3v) is 2.22. The molecule has 0 bridgehead atoms. The second-order valence-corrected chi connectivity index (χ2v) is 3.78. The highest BCUT2D eigenvalue weighted by Gasteiger charge is 2.21. The molecule has 1 atom stereocenters. The van der Waals surface area contributed by atoms with E-state index < -0.39 is 24.5 Å². The number of benzene rings is 1. The molecule has 1 aromatic carbocycles. The van der Waals surface area contributed by atoms with Crippen molar-refractivity contribution in [2.45, 2.75) is 19.1 Å². The van der Waals surface area contributed by atoms with E-state index in [9.17, 15) is 14.7 Å². The zero-order chi connectivity index (χ0) is 14.1. The maximum absolute atomic E-state index is 11.4. The van der Waals surface area contributed by atoms with Crippen LogP contribution in [-0.4, -0.2) is 29.8 Å². The first-order valence-electron chi connectivity index (χ1n) is 5.78. The summed E-state index contributed by atoms with van der Waals surface area (Å²) in [6.45, 7) is 3.48. The Bertz CT molecular complexity index is 427. The third-order valence-electron chi connectivity index (χ3n) is 2.22. The summed E-state index contributed by atoms with van der Waals surface area (Å²) in [4.78, 5) is 22.6. The SMILES string of the molecule is C=CCOC(=O)C[C@H](O)C(=O)OCc1ccccc1. The van der Waals surface area contributed by atoms with E-state index in [0.717, 1.165) is 5.56 Å². The standard InChI is InChI=1S/C14H16O5/c1-2-8-18-13(16)9-12(15)14(17)19-10-11-6-4-3-5-7-11/h2-7,12,15H,1,8-10H2/t12-/m0/s1. The Morgan fingerprint density at radius 2 is 1.95 bits per heavy atom. The van der Waals surface area contributed by atoms with Crippen molar-refractivity contribution >= 4 is 11.9 Å². The Hall–Kier alpha value is -2.14. The van der Waals surface area contributed by atoms with Crippen molar-refractivity contribution in [1.82, 2.24) is 0 Å². The monoisotopic (exact) mass is 264 g/mol. The normalized spacial score (nSPS) is 11.4. The molecule has 0 aliphatic rings. The average Bonchev–Trinajstić information content (AvgIpc) is 2.43. The average molecular weight is 264 g/mol. The fourth-order valence-electron chi connectivity index (χ4n) is 1.28. The first-order chi connectivity index (χ1) is 9.13. The number of hydrogen-bond donors (Lipinski definition) is 1. The molecule has 19 heavy (non-hydrogen) atoms. The maximum atomic E-state index is 11.4. The number of carbonyl (C=O) groups is 2. The maximum Gasteiger partial charge on any atom is 0.335 e. The molecule has 1 rings (SSSR count). The van der Waals surface area contributed by atoms with E-state index in [1.807, 2.05) is 18.2 Å². The van der Waals surface area contributed by atoms with Crippen LogP contribution in [0.3, 0.4) is 0 Å². The Kier molecular flexibility index (Phi) is 6.32. The van der Waals surface area contributed by atoms with E-state index in [2.05, 4.69) is 11.3 Å². The summed E-state index contributed by atoms with van der Waals surface area (Å²) in [5.74, 6) is -1.52. The van der Waals surface area contributed by atoms with Crippen LogP contribution in [0.25, 0.3) is 0 Å². The lowest BCUT2D eigenvalue weighted by molar-refractivity contribution is -0.160. The summed E-state index contributed by atoms with van der Waals surface area (Å²) in [6, 6.07) is 9.05. The molecule has 102 valence electrons. The van der Waals surface area contributed by atoms with Crippen LogP contribution >= 0.6 is 0 Å². The fourth-order valence-corrected chi connectivity index (χ4v) is 1.28. The molecule has 0 aliphatic carbocycles. The van der Waals surface area contributed by atoms with Crippen molar-refractivity contribution in [2.75, 3.05) is 6.61 Å². The molecule has 0 saturated heterocycles. The van der Waals surface area contributed by atoms with Gasteiger partial charge in [-0.15, -0.1) is 0 Å². The predicted octanol–water partition coefficient (Wildman–Crippen LogP) is 1.21. The van der Waals surface area contributed by atoms with E-state index in [1.165, 1.54) is 6.08 Å². The van der Waals surface area contributed by atoms with E-state index in [4.69, 9.17) is 4.74 Å². The van der Waals surface area contributed by atoms with Gasteiger partial charge in [0.15, 0.2) is 6.10 Å². The molecule has 0 heterocycles. The summed E-state index contributed by atoms with van der Waals surface area (Å²) in [7, 11) is 0. The number of rotatable bonds is 7. The van der Waals surface area contributed by atoms with Crippen molar-refractivity contribution in [3.8, 4) is 0 Å². The van der Waals surface area contributed by atoms with Crippen LogP contribution in [0.4, 0.5) is 0 Å². The molecule has 0 fully saturated rings. The lowest BCUT2D eigenvalue weighted by Gasteiger charge is -2.10. The first kappa shape index (κ1) is 14.9. The van der Waals surface area contributed by atoms with E-state index in [-0.39, 0.29) is 13.2 Å². The lowest BCUT2D eigenvalue weighted by atomic mass is 10.2. The topological polar surface area (TPSA) is 72.8 Å². The van der Waals surface area contributed by atoms with Gasteiger partial charge in [0, 0.05) is 0 Å². The summed E-state index contributed by atoms with van der Waals surface area (Å²) in [6.07, 6.45) is -0.541. The summed E-state index contributed by atoms with van der Waals surface area (Å²) < 4.78 is 9.53. The van der Waals surface area contributed by atoms with E-state index in [0.29, 0.717) is 0 Å². The highest BCUT2D eigenvalue weighted by atomic mass is 16.6. The minimum atomic E-state index is -1.51. The third kappa shape index (κ3) is 5.83. The van der Waals surface area contributed by atoms with Gasteiger partial charge < -0.3 is 14.6 Å². The second-order valence-electron chi connectivity index (χ2n) is 3.78. The minimum Gasteiger partial charge on any atom is -0.461 e. The van der Waals surface area contributed by atoms with Crippen LogP contribution in [0.1, 0.15) is 12.0 Å². The van der Waals surface area contributed by atoms with Crippen LogP contribution in [-0.2, 0) is 25.7 Å². The van der Waals surface area contributed by atoms with Gasteiger partial charge in [-0.25, -0.2) is 4.79 Å². The Balaban J connectivity index is 2.32. The zero-order valence-electron chi connectivity index (χ0n) is 10.5. The van der Waals surface area contributed by atoms with Gasteiger partial charge in [-0.2, -0.15) is 0 Å². The van der Waals surface area contributed by atoms with Gasteiger partial charge >= 0.3 is 11.9 Å². The first-order valence-corrected chi connectivity index (χ1v) is 5.78. The van der Waals surface area contributed by atoms with Crippen LogP contribution in [0.15, 0.2) is 43.0 Å². The number of aliphatic hydroxyl groups excluding tert-OH is 1. The zero-order valence-corrected chi connectivity index (χ0v) is 10.5. The Morgan fingerprint density at radius 1 is 1.26 bits per heavy atom. The lowest BCUT2D eigenvalue weighted by Crippen LogP contribution is -2.26. The second kappa shape index (κ2) is 8.05. The summed E-state index contributed by atoms with van der Waals surface area (Å²) in [5.41, 5.74) is 0.803. The highest BCUT2D eigenvalue weighted by Crippen LogP contribution is 2.04. The van der Waals surface area contributed by atoms with Gasteiger partial charge in [-0.1, -0.05) is 43.0 Å². The summed E-state index contributed by atoms with van der Waals surface area (Å²) >= 11 is 0. The quantitative estimate of drug-likeness (QED) is 0.592. The molecule has 0 radical (unpaired) electrons. The van der Waals surface area contributed by atoms with Gasteiger partial charge in [0.25, 0.3) is 0 Å². The molecule has 0 aromatic heterocycles. The van der Waals surface area contributed by atoms with Crippen molar-refractivity contribution < 1.29 is 24.2 Å². The molecular weight excluding hydrogens is 248 g/mol. The van der Waals surface area contributed by atoms with Crippen LogP contribution in [0, 0.1) is 0 Å². The van der Waals surface area contributed by atoms with Crippen molar-refractivity contribution in [1.29, 1.82) is 0 Å². The van der Waals surface area contributed by atoms with Gasteiger partial charge in [-0.3, -0.25) is 4.79 Å². The molecule has 0 aliphatic heterocycles. The summed E-state index contributed by atoms with van der Waals surface area (Å²) in [5, 5.41) is 9.46. The molecule has 5 nitrogen and oxygen atoms in total. The molecule has 0 amide bonds. The smallest absolute Gasteiger partial charge is 0.335 e. The number of hydrogen-bond acceptors (Lipinski definition) is 5. The fraction of sp³-hybridized carbons (Fsp3) is 0.286. The van der Waals surface area contributed by atoms with Gasteiger partial charge in [-0.05, 0) is 5.56 Å². The molecule has 0 unspecified atom stereocenters. The number of aliphatic hydroxyl groups is 1. The van der Waals surface area contributed by atoms with E-state index in [1.54, 1.807) is 12.1 Å². The molecular formula is C14H16O5. The van der Waals surface area contributed by atoms with Crippen LogP contribution in [0.5, 0.6) is 0 Å². The molecule has 0 spiro atoms.